The maximum Gasteiger partial charge on any atom is 0.522 e. The van der Waals surface area contributed by atoms with Gasteiger partial charge in [-0.05, 0) is 33.6 Å². The molecule has 0 saturated heterocycles. The highest BCUT2D eigenvalue weighted by Gasteiger charge is 2.40. The minimum absolute atomic E-state index is 0.152. The molecule has 4 nitrogen and oxygen atoms in total. The van der Waals surface area contributed by atoms with Crippen LogP contribution in [-0.2, 0) is 9.47 Å². The third kappa shape index (κ3) is 5.76. The largest absolute Gasteiger partial charge is 0.522 e. The maximum absolute atomic E-state index is 11.8. The number of hydrogen-bond acceptors (Lipinski definition) is 3. The van der Waals surface area contributed by atoms with Crippen molar-refractivity contribution in [2.45, 2.75) is 57.7 Å². The normalized spacial score (nSPS) is 25.1. The molecule has 1 aliphatic carbocycles. The fourth-order valence-electron chi connectivity index (χ4n) is 1.44. The van der Waals surface area contributed by atoms with E-state index in [-0.39, 0.29) is 18.9 Å². The monoisotopic (exact) mass is 255 g/mol. The molecule has 1 saturated carbocycles. The Kier molecular flexibility index (Phi) is 3.91. The lowest BCUT2D eigenvalue weighted by Gasteiger charge is -2.35. The van der Waals surface area contributed by atoms with Crippen LogP contribution in [0.5, 0.6) is 0 Å². The van der Waals surface area contributed by atoms with Crippen molar-refractivity contribution in [3.8, 4) is 0 Å². The van der Waals surface area contributed by atoms with E-state index in [4.69, 9.17) is 4.74 Å². The van der Waals surface area contributed by atoms with Gasteiger partial charge >= 0.3 is 12.5 Å². The zero-order valence-electron chi connectivity index (χ0n) is 9.93. The van der Waals surface area contributed by atoms with Crippen LogP contribution in [0.25, 0.3) is 0 Å². The maximum atomic E-state index is 11.8. The van der Waals surface area contributed by atoms with E-state index in [1.807, 2.05) is 0 Å². The van der Waals surface area contributed by atoms with Crippen molar-refractivity contribution in [1.82, 2.24) is 5.32 Å². The number of halogens is 3. The van der Waals surface area contributed by atoms with Gasteiger partial charge in [-0.2, -0.15) is 0 Å². The Labute approximate surface area is 97.5 Å². The van der Waals surface area contributed by atoms with Gasteiger partial charge in [-0.15, -0.1) is 13.2 Å². The first kappa shape index (κ1) is 14.1. The molecule has 100 valence electrons. The van der Waals surface area contributed by atoms with Gasteiger partial charge in [0, 0.05) is 6.04 Å². The summed E-state index contributed by atoms with van der Waals surface area (Å²) in [5.74, 6) is 0. The van der Waals surface area contributed by atoms with Crippen LogP contribution in [0.2, 0.25) is 0 Å². The van der Waals surface area contributed by atoms with Crippen LogP contribution in [-0.4, -0.2) is 30.2 Å². The first-order valence-electron chi connectivity index (χ1n) is 5.29. The molecular weight excluding hydrogens is 239 g/mol. The SMILES string of the molecule is CC(C)(C)OC(=O)N[C@H]1C[C@H](OC(F)(F)F)C1. The van der Waals surface area contributed by atoms with Crippen LogP contribution in [0.4, 0.5) is 18.0 Å². The van der Waals surface area contributed by atoms with E-state index in [0.717, 1.165) is 0 Å². The van der Waals surface area contributed by atoms with Crippen molar-refractivity contribution in [1.29, 1.82) is 0 Å². The molecule has 17 heavy (non-hydrogen) atoms. The van der Waals surface area contributed by atoms with Gasteiger partial charge in [0.05, 0.1) is 6.10 Å². The molecule has 0 aromatic carbocycles. The number of alkyl carbamates (subject to hydrolysis) is 1. The summed E-state index contributed by atoms with van der Waals surface area (Å²) in [5, 5.41) is 2.48. The quantitative estimate of drug-likeness (QED) is 0.825. The Hall–Kier alpha value is -0.980. The lowest BCUT2D eigenvalue weighted by atomic mass is 9.89. The number of hydrogen-bond donors (Lipinski definition) is 1. The number of carbonyl (C=O) groups is 1. The summed E-state index contributed by atoms with van der Waals surface area (Å²) in [5.41, 5.74) is -0.615. The Morgan fingerprint density at radius 2 is 1.76 bits per heavy atom. The number of rotatable bonds is 2. The predicted molar refractivity (Wildman–Crippen MR) is 53.3 cm³/mol. The second-order valence-corrected chi connectivity index (χ2v) is 5.00. The van der Waals surface area contributed by atoms with E-state index >= 15 is 0 Å². The molecule has 0 bridgehead atoms. The zero-order chi connectivity index (χ0) is 13.3. The summed E-state index contributed by atoms with van der Waals surface area (Å²) in [7, 11) is 0. The molecule has 0 atom stereocenters. The molecule has 0 aromatic heterocycles. The third-order valence-electron chi connectivity index (χ3n) is 2.12. The lowest BCUT2D eigenvalue weighted by molar-refractivity contribution is -0.351. The van der Waals surface area contributed by atoms with E-state index in [1.165, 1.54) is 0 Å². The average Bonchev–Trinajstić information content (AvgIpc) is 1.93. The van der Waals surface area contributed by atoms with Gasteiger partial charge in [0.25, 0.3) is 0 Å². The molecule has 0 aromatic rings. The van der Waals surface area contributed by atoms with Crippen molar-refractivity contribution >= 4 is 6.09 Å². The standard InChI is InChI=1S/C10H16F3NO3/c1-9(2,3)17-8(15)14-6-4-7(5-6)16-10(11,12)13/h6-7H,4-5H2,1-3H3,(H,14,15)/t6-,7-. The fraction of sp³-hybridized carbons (Fsp3) is 0.900. The molecular formula is C10H16F3NO3. The summed E-state index contributed by atoms with van der Waals surface area (Å²) >= 11 is 0. The summed E-state index contributed by atoms with van der Waals surface area (Å²) in [6.45, 7) is 5.13. The van der Waals surface area contributed by atoms with Crippen LogP contribution >= 0.6 is 0 Å². The average molecular weight is 255 g/mol. The van der Waals surface area contributed by atoms with E-state index in [9.17, 15) is 18.0 Å². The molecule has 0 unspecified atom stereocenters. The Balaban J connectivity index is 2.19. The number of carbonyl (C=O) groups excluding carboxylic acids is 1. The summed E-state index contributed by atoms with van der Waals surface area (Å²) in [4.78, 5) is 11.3. The summed E-state index contributed by atoms with van der Waals surface area (Å²) < 4.78 is 44.2. The van der Waals surface area contributed by atoms with Crippen LogP contribution in [0.3, 0.4) is 0 Å². The predicted octanol–water partition coefficient (Wildman–Crippen LogP) is 2.58. The number of amides is 1. The van der Waals surface area contributed by atoms with Crippen molar-refractivity contribution in [2.75, 3.05) is 0 Å². The van der Waals surface area contributed by atoms with E-state index in [1.54, 1.807) is 20.8 Å². The second kappa shape index (κ2) is 4.72. The van der Waals surface area contributed by atoms with Gasteiger partial charge in [0.15, 0.2) is 0 Å². The van der Waals surface area contributed by atoms with Crippen molar-refractivity contribution < 1.29 is 27.4 Å². The molecule has 0 aliphatic heterocycles. The van der Waals surface area contributed by atoms with E-state index in [2.05, 4.69) is 10.1 Å². The van der Waals surface area contributed by atoms with Crippen molar-refractivity contribution in [2.24, 2.45) is 0 Å². The Morgan fingerprint density at radius 3 is 2.18 bits per heavy atom. The highest BCUT2D eigenvalue weighted by atomic mass is 19.4. The lowest BCUT2D eigenvalue weighted by Crippen LogP contribution is -2.50. The van der Waals surface area contributed by atoms with Crippen molar-refractivity contribution in [3.05, 3.63) is 0 Å². The summed E-state index contributed by atoms with van der Waals surface area (Å²) in [6.07, 6.45) is -5.79. The topological polar surface area (TPSA) is 47.6 Å². The highest BCUT2D eigenvalue weighted by Crippen LogP contribution is 2.30. The minimum atomic E-state index is -4.61. The fourth-order valence-corrected chi connectivity index (χ4v) is 1.44. The first-order chi connectivity index (χ1) is 7.55. The molecule has 1 amide bonds. The molecule has 1 N–H and O–H groups in total. The molecule has 1 rings (SSSR count). The van der Waals surface area contributed by atoms with Crippen LogP contribution in [0.15, 0.2) is 0 Å². The van der Waals surface area contributed by atoms with Crippen LogP contribution in [0.1, 0.15) is 33.6 Å². The smallest absolute Gasteiger partial charge is 0.444 e. The van der Waals surface area contributed by atoms with E-state index in [0.29, 0.717) is 0 Å². The van der Waals surface area contributed by atoms with Gasteiger partial charge < -0.3 is 10.1 Å². The zero-order valence-corrected chi connectivity index (χ0v) is 9.93. The third-order valence-corrected chi connectivity index (χ3v) is 2.12. The molecule has 1 fully saturated rings. The van der Waals surface area contributed by atoms with Gasteiger partial charge in [-0.25, -0.2) is 4.79 Å². The molecule has 0 heterocycles. The minimum Gasteiger partial charge on any atom is -0.444 e. The van der Waals surface area contributed by atoms with Gasteiger partial charge in [-0.1, -0.05) is 0 Å². The van der Waals surface area contributed by atoms with Crippen LogP contribution < -0.4 is 5.32 Å². The number of ether oxygens (including phenoxy) is 2. The van der Waals surface area contributed by atoms with E-state index < -0.39 is 24.2 Å². The number of nitrogens with one attached hydrogen (secondary N) is 1. The van der Waals surface area contributed by atoms with Crippen molar-refractivity contribution in [3.63, 3.8) is 0 Å². The highest BCUT2D eigenvalue weighted by molar-refractivity contribution is 5.68. The first-order valence-corrected chi connectivity index (χ1v) is 5.29. The molecule has 0 radical (unpaired) electrons. The Bertz CT molecular complexity index is 280. The van der Waals surface area contributed by atoms with Crippen LogP contribution in [0, 0.1) is 0 Å². The molecule has 1 aliphatic rings. The summed E-state index contributed by atoms with van der Waals surface area (Å²) in [6, 6.07) is -0.308. The number of alkyl halides is 3. The Morgan fingerprint density at radius 1 is 1.24 bits per heavy atom. The van der Waals surface area contributed by atoms with Gasteiger partial charge in [0.2, 0.25) is 0 Å². The van der Waals surface area contributed by atoms with Gasteiger partial charge in [0.1, 0.15) is 5.60 Å². The van der Waals surface area contributed by atoms with Gasteiger partial charge in [-0.3, -0.25) is 4.74 Å². The molecule has 0 spiro atoms. The molecule has 7 heteroatoms. The second-order valence-electron chi connectivity index (χ2n) is 5.00.